The molecule has 2 aromatic rings. The minimum absolute atomic E-state index is 0.251. The van der Waals surface area contributed by atoms with Gasteiger partial charge in [-0.3, -0.25) is 9.09 Å². The van der Waals surface area contributed by atoms with E-state index in [-0.39, 0.29) is 6.61 Å². The monoisotopic (exact) mass is 268 g/mol. The van der Waals surface area contributed by atoms with E-state index in [2.05, 4.69) is 9.68 Å². The molecule has 0 bridgehead atoms. The molecule has 0 aliphatic carbocycles. The molecule has 0 N–H and O–H groups in total. The van der Waals surface area contributed by atoms with E-state index in [1.165, 1.54) is 4.57 Å². The second-order valence-corrected chi connectivity index (χ2v) is 4.27. The van der Waals surface area contributed by atoms with Crippen molar-refractivity contribution in [1.29, 1.82) is 0 Å². The van der Waals surface area contributed by atoms with Gasteiger partial charge in [0.15, 0.2) is 5.82 Å². The Bertz CT molecular complexity index is 577. The lowest BCUT2D eigenvalue weighted by Crippen LogP contribution is -2.18. The van der Waals surface area contributed by atoms with Crippen LogP contribution in [-0.2, 0) is 24.3 Å². The molecule has 5 nitrogen and oxygen atoms in total. The number of aromatic nitrogens is 2. The maximum Gasteiger partial charge on any atom is 0.441 e. The van der Waals surface area contributed by atoms with Gasteiger partial charge in [-0.05, 0) is 24.1 Å². The van der Waals surface area contributed by atoms with Crippen LogP contribution in [-0.4, -0.2) is 16.8 Å². The molecule has 1 aromatic heterocycles. The van der Waals surface area contributed by atoms with E-state index in [1.54, 1.807) is 7.11 Å². The van der Waals surface area contributed by atoms with Crippen molar-refractivity contribution in [3.8, 4) is 0 Å². The molecule has 18 heavy (non-hydrogen) atoms. The molecule has 0 aliphatic heterocycles. The summed E-state index contributed by atoms with van der Waals surface area (Å²) >= 11 is 5.90. The van der Waals surface area contributed by atoms with Gasteiger partial charge < -0.3 is 4.74 Å². The lowest BCUT2D eigenvalue weighted by Gasteiger charge is -2.04. The molecule has 1 heterocycles. The van der Waals surface area contributed by atoms with Crippen molar-refractivity contribution < 1.29 is 9.26 Å². The summed E-state index contributed by atoms with van der Waals surface area (Å²) in [7, 11) is 1.54. The zero-order valence-electron chi connectivity index (χ0n) is 9.93. The third-order valence-electron chi connectivity index (χ3n) is 2.55. The molecular formula is C12H13ClN2O3. The Hall–Kier alpha value is -1.59. The number of methoxy groups -OCH3 is 1. The first-order valence-electron chi connectivity index (χ1n) is 5.49. The summed E-state index contributed by atoms with van der Waals surface area (Å²) in [6.45, 7) is 0.739. The molecule has 6 heteroatoms. The first-order valence-corrected chi connectivity index (χ1v) is 5.87. The van der Waals surface area contributed by atoms with E-state index in [0.717, 1.165) is 5.56 Å². The maximum absolute atomic E-state index is 11.5. The van der Waals surface area contributed by atoms with Crippen molar-refractivity contribution in [1.82, 2.24) is 9.72 Å². The number of halogens is 1. The van der Waals surface area contributed by atoms with Crippen LogP contribution in [0.1, 0.15) is 11.4 Å². The number of hydrogen-bond donors (Lipinski definition) is 0. The quantitative estimate of drug-likeness (QED) is 0.831. The lowest BCUT2D eigenvalue weighted by molar-refractivity contribution is 0.171. The normalized spacial score (nSPS) is 10.8. The van der Waals surface area contributed by atoms with Crippen molar-refractivity contribution in [3.05, 3.63) is 51.2 Å². The van der Waals surface area contributed by atoms with Crippen LogP contribution in [0.3, 0.4) is 0 Å². The van der Waals surface area contributed by atoms with E-state index in [1.807, 2.05) is 24.3 Å². The Balaban J connectivity index is 2.10. The molecule has 0 radical (unpaired) electrons. The lowest BCUT2D eigenvalue weighted by atomic mass is 10.1. The molecule has 96 valence electrons. The van der Waals surface area contributed by atoms with E-state index in [0.29, 0.717) is 23.8 Å². The predicted octanol–water partition coefficient (Wildman–Crippen LogP) is 1.88. The summed E-state index contributed by atoms with van der Waals surface area (Å²) in [6.07, 6.45) is 0.679. The van der Waals surface area contributed by atoms with Gasteiger partial charge in [-0.25, -0.2) is 4.79 Å². The smallest absolute Gasteiger partial charge is 0.377 e. The molecule has 2 rings (SSSR count). The Morgan fingerprint density at radius 1 is 1.50 bits per heavy atom. The summed E-state index contributed by atoms with van der Waals surface area (Å²) < 4.78 is 11.0. The second-order valence-electron chi connectivity index (χ2n) is 3.83. The molecule has 0 amide bonds. The summed E-state index contributed by atoms with van der Waals surface area (Å²) in [5.41, 5.74) is 1.05. The standard InChI is InChI=1S/C12H13ClN2O3/c1-17-8-11-14-18-12(16)15(11)6-5-9-3-2-4-10(13)7-9/h2-4,7H,5-6,8H2,1H3. The van der Waals surface area contributed by atoms with Gasteiger partial charge in [-0.2, -0.15) is 0 Å². The number of ether oxygens (including phenoxy) is 1. The minimum atomic E-state index is -0.468. The van der Waals surface area contributed by atoms with Crippen LogP contribution < -0.4 is 5.76 Å². The van der Waals surface area contributed by atoms with Gasteiger partial charge in [0.2, 0.25) is 0 Å². The third kappa shape index (κ3) is 3.00. The Labute approximate surface area is 109 Å². The minimum Gasteiger partial charge on any atom is -0.377 e. The Morgan fingerprint density at radius 3 is 3.06 bits per heavy atom. The number of benzene rings is 1. The number of aryl methyl sites for hydroxylation is 1. The first-order chi connectivity index (χ1) is 8.70. The fraction of sp³-hybridized carbons (Fsp3) is 0.333. The molecule has 0 unspecified atom stereocenters. The fourth-order valence-electron chi connectivity index (χ4n) is 1.68. The summed E-state index contributed by atoms with van der Waals surface area (Å²) in [4.78, 5) is 11.5. The van der Waals surface area contributed by atoms with Crippen LogP contribution in [0.4, 0.5) is 0 Å². The molecular weight excluding hydrogens is 256 g/mol. The summed E-state index contributed by atoms with van der Waals surface area (Å²) in [5.74, 6) is 0.0219. The van der Waals surface area contributed by atoms with Gasteiger partial charge in [-0.15, -0.1) is 0 Å². The van der Waals surface area contributed by atoms with Crippen LogP contribution in [0.2, 0.25) is 5.02 Å². The highest BCUT2D eigenvalue weighted by molar-refractivity contribution is 6.30. The van der Waals surface area contributed by atoms with Crippen LogP contribution in [0, 0.1) is 0 Å². The Kier molecular flexibility index (Phi) is 4.17. The zero-order valence-corrected chi connectivity index (χ0v) is 10.7. The highest BCUT2D eigenvalue weighted by Gasteiger charge is 2.09. The topological polar surface area (TPSA) is 57.3 Å². The third-order valence-corrected chi connectivity index (χ3v) is 2.78. The van der Waals surface area contributed by atoms with Gasteiger partial charge in [0.1, 0.15) is 6.61 Å². The fourth-order valence-corrected chi connectivity index (χ4v) is 1.90. The maximum atomic E-state index is 11.5. The summed E-state index contributed by atoms with van der Waals surface area (Å²) in [6, 6.07) is 7.52. The second kappa shape index (κ2) is 5.84. The van der Waals surface area contributed by atoms with Crippen molar-refractivity contribution in [2.75, 3.05) is 7.11 Å². The number of hydrogen-bond acceptors (Lipinski definition) is 4. The van der Waals surface area contributed by atoms with E-state index >= 15 is 0 Å². The zero-order chi connectivity index (χ0) is 13.0. The SMILES string of the molecule is COCc1noc(=O)n1CCc1cccc(Cl)c1. The first kappa shape index (κ1) is 12.9. The molecule has 0 saturated heterocycles. The van der Waals surface area contributed by atoms with Crippen molar-refractivity contribution in [2.45, 2.75) is 19.6 Å². The largest absolute Gasteiger partial charge is 0.441 e. The average molecular weight is 269 g/mol. The highest BCUT2D eigenvalue weighted by atomic mass is 35.5. The molecule has 0 saturated carbocycles. The molecule has 0 fully saturated rings. The average Bonchev–Trinajstić information content (AvgIpc) is 2.69. The molecule has 0 atom stereocenters. The number of nitrogens with zero attached hydrogens (tertiary/aromatic N) is 2. The molecule has 1 aromatic carbocycles. The highest BCUT2D eigenvalue weighted by Crippen LogP contribution is 2.11. The van der Waals surface area contributed by atoms with Gasteiger partial charge in [0.25, 0.3) is 0 Å². The van der Waals surface area contributed by atoms with Crippen molar-refractivity contribution >= 4 is 11.6 Å². The van der Waals surface area contributed by atoms with Gasteiger partial charge >= 0.3 is 5.76 Å². The van der Waals surface area contributed by atoms with Crippen LogP contribution >= 0.6 is 11.6 Å². The Morgan fingerprint density at radius 2 is 2.33 bits per heavy atom. The van der Waals surface area contributed by atoms with Gasteiger partial charge in [0.05, 0.1) is 0 Å². The van der Waals surface area contributed by atoms with E-state index in [4.69, 9.17) is 16.3 Å². The van der Waals surface area contributed by atoms with E-state index in [9.17, 15) is 4.79 Å². The van der Waals surface area contributed by atoms with E-state index < -0.39 is 5.76 Å². The van der Waals surface area contributed by atoms with Crippen LogP contribution in [0.5, 0.6) is 0 Å². The van der Waals surface area contributed by atoms with Crippen molar-refractivity contribution in [2.24, 2.45) is 0 Å². The summed E-state index contributed by atoms with van der Waals surface area (Å²) in [5, 5.41) is 4.34. The number of rotatable bonds is 5. The van der Waals surface area contributed by atoms with Crippen LogP contribution in [0.25, 0.3) is 0 Å². The van der Waals surface area contributed by atoms with Crippen LogP contribution in [0.15, 0.2) is 33.6 Å². The van der Waals surface area contributed by atoms with Crippen molar-refractivity contribution in [3.63, 3.8) is 0 Å². The molecule has 0 aliphatic rings. The van der Waals surface area contributed by atoms with Gasteiger partial charge in [-0.1, -0.05) is 28.9 Å². The predicted molar refractivity (Wildman–Crippen MR) is 66.6 cm³/mol. The van der Waals surface area contributed by atoms with Gasteiger partial charge in [0, 0.05) is 18.7 Å². The molecule has 0 spiro atoms.